The zero-order chi connectivity index (χ0) is 14.5. The Bertz CT molecular complexity index is 544. The smallest absolute Gasteiger partial charge is 0.240 e. The second-order valence-electron chi connectivity index (χ2n) is 6.10. The predicted octanol–water partition coefficient (Wildman–Crippen LogP) is 3.33. The van der Waals surface area contributed by atoms with Gasteiger partial charge in [-0.2, -0.15) is 4.98 Å². The van der Waals surface area contributed by atoms with E-state index in [1.54, 1.807) is 0 Å². The van der Waals surface area contributed by atoms with Crippen LogP contribution in [0.15, 0.2) is 34.9 Å². The molecule has 21 heavy (non-hydrogen) atoms. The fourth-order valence-corrected chi connectivity index (χ4v) is 2.91. The van der Waals surface area contributed by atoms with Gasteiger partial charge in [-0.15, -0.1) is 0 Å². The van der Waals surface area contributed by atoms with Gasteiger partial charge in [-0.25, -0.2) is 0 Å². The van der Waals surface area contributed by atoms with Gasteiger partial charge in [-0.3, -0.25) is 0 Å². The molecule has 0 amide bonds. The topological polar surface area (TPSA) is 51.0 Å². The Hall–Kier alpha value is -1.68. The normalized spacial score (nSPS) is 22.3. The number of hydrogen-bond acceptors (Lipinski definition) is 4. The predicted molar refractivity (Wildman–Crippen MR) is 81.8 cm³/mol. The van der Waals surface area contributed by atoms with Crippen molar-refractivity contribution in [3.05, 3.63) is 47.6 Å². The first-order valence-electron chi connectivity index (χ1n) is 7.88. The van der Waals surface area contributed by atoms with Crippen LogP contribution in [0.3, 0.4) is 0 Å². The summed E-state index contributed by atoms with van der Waals surface area (Å²) >= 11 is 0. The van der Waals surface area contributed by atoms with Gasteiger partial charge in [-0.05, 0) is 37.2 Å². The van der Waals surface area contributed by atoms with E-state index in [4.69, 9.17) is 4.52 Å². The highest BCUT2D eigenvalue weighted by Gasteiger charge is 2.18. The Kier molecular flexibility index (Phi) is 4.65. The van der Waals surface area contributed by atoms with Crippen LogP contribution in [0.4, 0.5) is 0 Å². The third-order valence-corrected chi connectivity index (χ3v) is 4.27. The van der Waals surface area contributed by atoms with Crippen LogP contribution in [0, 0.1) is 5.92 Å². The van der Waals surface area contributed by atoms with E-state index in [0.29, 0.717) is 18.5 Å². The van der Waals surface area contributed by atoms with E-state index in [0.717, 1.165) is 18.2 Å². The summed E-state index contributed by atoms with van der Waals surface area (Å²) in [5.41, 5.74) is 1.21. The first kappa shape index (κ1) is 14.3. The molecule has 0 atom stereocenters. The Balaban J connectivity index is 1.49. The summed E-state index contributed by atoms with van der Waals surface area (Å²) in [6.07, 6.45) is 5.88. The molecule has 2 aromatic rings. The molecule has 1 saturated carbocycles. The van der Waals surface area contributed by atoms with Crippen LogP contribution in [0.1, 0.15) is 49.9 Å². The Morgan fingerprint density at radius 1 is 1.14 bits per heavy atom. The molecule has 1 aliphatic rings. The minimum Gasteiger partial charge on any atom is -0.338 e. The number of aromatic nitrogens is 2. The molecule has 1 aliphatic carbocycles. The number of rotatable bonds is 5. The Morgan fingerprint density at radius 2 is 1.90 bits per heavy atom. The fourth-order valence-electron chi connectivity index (χ4n) is 2.91. The van der Waals surface area contributed by atoms with Gasteiger partial charge in [0.1, 0.15) is 0 Å². The first-order valence-corrected chi connectivity index (χ1v) is 7.88. The van der Waals surface area contributed by atoms with E-state index < -0.39 is 0 Å². The lowest BCUT2D eigenvalue weighted by atomic mass is 9.87. The summed E-state index contributed by atoms with van der Waals surface area (Å²) in [7, 11) is 0. The van der Waals surface area contributed by atoms with Crippen molar-refractivity contribution in [2.45, 2.75) is 51.6 Å². The van der Waals surface area contributed by atoms with Crippen LogP contribution in [-0.2, 0) is 13.0 Å². The van der Waals surface area contributed by atoms with Gasteiger partial charge in [0.05, 0.1) is 6.54 Å². The SMILES string of the molecule is CC1CCC(NCc2nc(Cc3ccccc3)no2)CC1. The Morgan fingerprint density at radius 3 is 2.67 bits per heavy atom. The van der Waals surface area contributed by atoms with Gasteiger partial charge >= 0.3 is 0 Å². The zero-order valence-corrected chi connectivity index (χ0v) is 12.6. The fraction of sp³-hybridized carbons (Fsp3) is 0.529. The molecule has 0 spiro atoms. The van der Waals surface area contributed by atoms with E-state index in [1.165, 1.54) is 31.2 Å². The van der Waals surface area contributed by atoms with E-state index in [1.807, 2.05) is 18.2 Å². The van der Waals surface area contributed by atoms with Crippen LogP contribution in [0.5, 0.6) is 0 Å². The van der Waals surface area contributed by atoms with Crippen LogP contribution in [0.2, 0.25) is 0 Å². The summed E-state index contributed by atoms with van der Waals surface area (Å²) in [5.74, 6) is 2.33. The highest BCUT2D eigenvalue weighted by molar-refractivity contribution is 5.18. The summed E-state index contributed by atoms with van der Waals surface area (Å²) in [5, 5.41) is 7.60. The van der Waals surface area contributed by atoms with Gasteiger partial charge in [0.25, 0.3) is 0 Å². The lowest BCUT2D eigenvalue weighted by Gasteiger charge is -2.26. The van der Waals surface area contributed by atoms with Crippen molar-refractivity contribution in [2.24, 2.45) is 5.92 Å². The number of nitrogens with one attached hydrogen (secondary N) is 1. The molecule has 1 heterocycles. The van der Waals surface area contributed by atoms with E-state index in [2.05, 4.69) is 34.5 Å². The van der Waals surface area contributed by atoms with Gasteiger partial charge in [-0.1, -0.05) is 42.4 Å². The maximum Gasteiger partial charge on any atom is 0.240 e. The highest BCUT2D eigenvalue weighted by atomic mass is 16.5. The molecule has 112 valence electrons. The van der Waals surface area contributed by atoms with Gasteiger partial charge in [0.15, 0.2) is 5.82 Å². The maximum absolute atomic E-state index is 5.33. The van der Waals surface area contributed by atoms with Crippen molar-refractivity contribution in [1.29, 1.82) is 0 Å². The second kappa shape index (κ2) is 6.85. The molecule has 0 saturated heterocycles. The van der Waals surface area contributed by atoms with Crippen LogP contribution in [-0.4, -0.2) is 16.2 Å². The van der Waals surface area contributed by atoms with Gasteiger partial charge in [0.2, 0.25) is 5.89 Å². The van der Waals surface area contributed by atoms with Crippen molar-refractivity contribution in [3.63, 3.8) is 0 Å². The molecule has 3 rings (SSSR count). The van der Waals surface area contributed by atoms with E-state index in [9.17, 15) is 0 Å². The van der Waals surface area contributed by atoms with Crippen molar-refractivity contribution in [1.82, 2.24) is 15.5 Å². The molecular formula is C17H23N3O. The van der Waals surface area contributed by atoms with Crippen molar-refractivity contribution >= 4 is 0 Å². The maximum atomic E-state index is 5.33. The Labute approximate surface area is 126 Å². The third-order valence-electron chi connectivity index (χ3n) is 4.27. The van der Waals surface area contributed by atoms with Crippen LogP contribution >= 0.6 is 0 Å². The molecule has 1 N–H and O–H groups in total. The van der Waals surface area contributed by atoms with Crippen LogP contribution in [0.25, 0.3) is 0 Å². The molecule has 0 bridgehead atoms. The average Bonchev–Trinajstić information content (AvgIpc) is 2.95. The minimum atomic E-state index is 0.602. The van der Waals surface area contributed by atoms with Gasteiger partial charge in [0, 0.05) is 12.5 Å². The average molecular weight is 285 g/mol. The number of nitrogens with zero attached hydrogens (tertiary/aromatic N) is 2. The van der Waals surface area contributed by atoms with E-state index >= 15 is 0 Å². The standard InChI is InChI=1S/C17H23N3O/c1-13-7-9-15(10-8-13)18-12-17-19-16(20-21-17)11-14-5-3-2-4-6-14/h2-6,13,15,18H,7-12H2,1H3. The molecule has 0 radical (unpaired) electrons. The van der Waals surface area contributed by atoms with Crippen molar-refractivity contribution in [3.8, 4) is 0 Å². The van der Waals surface area contributed by atoms with Gasteiger partial charge < -0.3 is 9.84 Å². The molecule has 1 aromatic carbocycles. The molecule has 1 aromatic heterocycles. The summed E-state index contributed by atoms with van der Waals surface area (Å²) in [4.78, 5) is 4.46. The van der Waals surface area contributed by atoms with Crippen LogP contribution < -0.4 is 5.32 Å². The zero-order valence-electron chi connectivity index (χ0n) is 12.6. The highest BCUT2D eigenvalue weighted by Crippen LogP contribution is 2.23. The monoisotopic (exact) mass is 285 g/mol. The lowest BCUT2D eigenvalue weighted by molar-refractivity contribution is 0.289. The largest absolute Gasteiger partial charge is 0.338 e. The molecular weight excluding hydrogens is 262 g/mol. The molecule has 4 nitrogen and oxygen atoms in total. The van der Waals surface area contributed by atoms with E-state index in [-0.39, 0.29) is 0 Å². The second-order valence-corrected chi connectivity index (χ2v) is 6.10. The molecule has 0 aliphatic heterocycles. The molecule has 1 fully saturated rings. The summed E-state index contributed by atoms with van der Waals surface area (Å²) in [6, 6.07) is 10.8. The third kappa shape index (κ3) is 4.14. The first-order chi connectivity index (χ1) is 10.3. The quantitative estimate of drug-likeness (QED) is 0.915. The van der Waals surface area contributed by atoms with Crippen molar-refractivity contribution in [2.75, 3.05) is 0 Å². The number of benzene rings is 1. The summed E-state index contributed by atoms with van der Waals surface area (Å²) < 4.78 is 5.33. The lowest BCUT2D eigenvalue weighted by Crippen LogP contribution is -2.32. The van der Waals surface area contributed by atoms with Crippen molar-refractivity contribution < 1.29 is 4.52 Å². The molecule has 0 unspecified atom stereocenters. The molecule has 4 heteroatoms. The summed E-state index contributed by atoms with van der Waals surface area (Å²) in [6.45, 7) is 3.02. The minimum absolute atomic E-state index is 0.602. The number of hydrogen-bond donors (Lipinski definition) is 1.